The first-order chi connectivity index (χ1) is 14.2. The number of aliphatic hydroxyl groups is 2. The zero-order chi connectivity index (χ0) is 22.3. The summed E-state index contributed by atoms with van der Waals surface area (Å²) in [6, 6.07) is 5.22. The Kier molecular flexibility index (Phi) is 8.50. The Balaban J connectivity index is 2.01. The monoisotopic (exact) mass is 417 g/mol. The van der Waals surface area contributed by atoms with Crippen LogP contribution in [-0.2, 0) is 9.47 Å². The highest BCUT2D eigenvalue weighted by Gasteiger charge is 2.33. The Morgan fingerprint density at radius 3 is 2.67 bits per heavy atom. The number of aliphatic hydroxyl groups excluding tert-OH is 2. The van der Waals surface area contributed by atoms with Gasteiger partial charge in [-0.3, -0.25) is 10.1 Å². The van der Waals surface area contributed by atoms with Crippen LogP contribution in [0.25, 0.3) is 0 Å². The predicted octanol–water partition coefficient (Wildman–Crippen LogP) is 3.09. The lowest BCUT2D eigenvalue weighted by molar-refractivity contribution is -0.384. The van der Waals surface area contributed by atoms with Gasteiger partial charge in [-0.2, -0.15) is 0 Å². The molecule has 0 radical (unpaired) electrons. The largest absolute Gasteiger partial charge is 0.458 e. The molecule has 0 spiro atoms. The molecular weight excluding hydrogens is 390 g/mol. The Morgan fingerprint density at radius 1 is 1.43 bits per heavy atom. The fourth-order valence-electron chi connectivity index (χ4n) is 3.25. The average molecular weight is 417 g/mol. The Hall–Kier alpha value is -2.77. The zero-order valence-electron chi connectivity index (χ0n) is 17.0. The number of hydrogen-bond acceptors (Lipinski definition) is 7. The molecule has 30 heavy (non-hydrogen) atoms. The van der Waals surface area contributed by atoms with Crippen LogP contribution in [0.3, 0.4) is 0 Å². The van der Waals surface area contributed by atoms with Crippen molar-refractivity contribution in [2.24, 2.45) is 0 Å². The average Bonchev–Trinajstić information content (AvgIpc) is 3.11. The molecule has 0 aromatic heterocycles. The Morgan fingerprint density at radius 2 is 2.10 bits per heavy atom. The van der Waals surface area contributed by atoms with Gasteiger partial charge in [0, 0.05) is 18.6 Å². The van der Waals surface area contributed by atoms with Crippen LogP contribution in [0.15, 0.2) is 54.3 Å². The first-order valence-corrected chi connectivity index (χ1v) is 9.68. The number of nitrogens with zero attached hydrogens (tertiary/aromatic N) is 1. The first-order valence-electron chi connectivity index (χ1n) is 9.68. The van der Waals surface area contributed by atoms with E-state index in [0.717, 1.165) is 11.1 Å². The van der Waals surface area contributed by atoms with E-state index in [9.17, 15) is 20.0 Å². The number of hydrogen-bond donors (Lipinski definition) is 2. The second kappa shape index (κ2) is 10.8. The van der Waals surface area contributed by atoms with Gasteiger partial charge in [0.2, 0.25) is 0 Å². The third kappa shape index (κ3) is 6.37. The summed E-state index contributed by atoms with van der Waals surface area (Å²) < 4.78 is 11.4. The number of nitro benzene ring substituents is 1. The van der Waals surface area contributed by atoms with E-state index >= 15 is 0 Å². The number of ether oxygens (including phenoxy) is 2. The fourth-order valence-corrected chi connectivity index (χ4v) is 3.25. The summed E-state index contributed by atoms with van der Waals surface area (Å²) in [6.07, 6.45) is -0.337. The van der Waals surface area contributed by atoms with Crippen LogP contribution in [0.5, 0.6) is 0 Å². The molecule has 162 valence electrons. The van der Waals surface area contributed by atoms with Gasteiger partial charge in [0.1, 0.15) is 12.2 Å². The maximum atomic E-state index is 12.5. The summed E-state index contributed by atoms with van der Waals surface area (Å²) in [7, 11) is 0. The van der Waals surface area contributed by atoms with E-state index in [4.69, 9.17) is 14.6 Å². The summed E-state index contributed by atoms with van der Waals surface area (Å²) in [5.74, 6) is -0.577. The minimum absolute atomic E-state index is 0.106. The molecule has 1 heterocycles. The Bertz CT molecular complexity index is 826. The predicted molar refractivity (Wildman–Crippen MR) is 110 cm³/mol. The molecule has 1 saturated heterocycles. The SMILES string of the molecule is C=C=C(C)C[C@H](CCC1O[C@@H]([C@H](O)CO)CC1=C)OC(=O)c1ccc([N+](=O)[O-])cc1. The van der Waals surface area contributed by atoms with E-state index in [1.807, 2.05) is 6.92 Å². The van der Waals surface area contributed by atoms with Crippen molar-refractivity contribution < 1.29 is 29.4 Å². The van der Waals surface area contributed by atoms with Crippen LogP contribution in [0.4, 0.5) is 5.69 Å². The lowest BCUT2D eigenvalue weighted by Gasteiger charge is -2.21. The van der Waals surface area contributed by atoms with E-state index in [1.54, 1.807) is 0 Å². The van der Waals surface area contributed by atoms with Crippen molar-refractivity contribution in [2.45, 2.75) is 57.0 Å². The molecule has 0 saturated carbocycles. The van der Waals surface area contributed by atoms with E-state index < -0.39 is 29.2 Å². The van der Waals surface area contributed by atoms with Crippen LogP contribution in [0.1, 0.15) is 43.0 Å². The van der Waals surface area contributed by atoms with Crippen LogP contribution >= 0.6 is 0 Å². The first kappa shape index (κ1) is 23.5. The zero-order valence-corrected chi connectivity index (χ0v) is 17.0. The lowest BCUT2D eigenvalue weighted by Crippen LogP contribution is -2.29. The van der Waals surface area contributed by atoms with Gasteiger partial charge < -0.3 is 19.7 Å². The van der Waals surface area contributed by atoms with Crippen molar-refractivity contribution >= 4 is 11.7 Å². The third-order valence-corrected chi connectivity index (χ3v) is 5.05. The summed E-state index contributed by atoms with van der Waals surface area (Å²) in [5, 5.41) is 29.6. The van der Waals surface area contributed by atoms with Crippen molar-refractivity contribution in [3.05, 3.63) is 70.0 Å². The molecule has 1 aromatic carbocycles. The molecule has 2 rings (SSSR count). The highest BCUT2D eigenvalue weighted by Crippen LogP contribution is 2.30. The summed E-state index contributed by atoms with van der Waals surface area (Å²) in [4.78, 5) is 22.7. The van der Waals surface area contributed by atoms with E-state index in [2.05, 4.69) is 18.9 Å². The molecule has 8 nitrogen and oxygen atoms in total. The normalized spacial score (nSPS) is 20.3. The van der Waals surface area contributed by atoms with E-state index in [1.165, 1.54) is 24.3 Å². The van der Waals surface area contributed by atoms with Gasteiger partial charge in [-0.1, -0.05) is 13.2 Å². The number of esters is 1. The molecule has 4 atom stereocenters. The maximum Gasteiger partial charge on any atom is 0.338 e. The van der Waals surface area contributed by atoms with Gasteiger partial charge >= 0.3 is 5.97 Å². The number of carbonyl (C=O) groups is 1. The molecule has 1 aromatic rings. The van der Waals surface area contributed by atoms with Gasteiger partial charge in [-0.25, -0.2) is 4.79 Å². The topological polar surface area (TPSA) is 119 Å². The summed E-state index contributed by atoms with van der Waals surface area (Å²) in [6.45, 7) is 9.04. The molecular formula is C22H27NO7. The quantitative estimate of drug-likeness (QED) is 0.197. The Labute approximate surface area is 175 Å². The number of nitro groups is 1. The molecule has 2 N–H and O–H groups in total. The smallest absolute Gasteiger partial charge is 0.338 e. The van der Waals surface area contributed by atoms with E-state index in [-0.39, 0.29) is 24.0 Å². The number of carbonyl (C=O) groups excluding carboxylic acids is 1. The summed E-state index contributed by atoms with van der Waals surface area (Å²) >= 11 is 0. The van der Waals surface area contributed by atoms with Gasteiger partial charge in [0.25, 0.3) is 5.69 Å². The molecule has 1 aliphatic rings. The molecule has 8 heteroatoms. The second-order valence-corrected chi connectivity index (χ2v) is 7.35. The highest BCUT2D eigenvalue weighted by molar-refractivity contribution is 5.89. The fraction of sp³-hybridized carbons (Fsp3) is 0.455. The van der Waals surface area contributed by atoms with Crippen LogP contribution in [0, 0.1) is 10.1 Å². The standard InChI is InChI=1S/C22H27NO7/c1-4-14(2)11-18(9-10-20-15(3)12-21(30-20)19(25)13-24)29-22(26)16-5-7-17(8-6-16)23(27)28/h5-8,18-21,24-25H,1,3,9-13H2,2H3/t18-,19+,20?,21+/m0/s1. The number of benzene rings is 1. The minimum Gasteiger partial charge on any atom is -0.458 e. The third-order valence-electron chi connectivity index (χ3n) is 5.05. The van der Waals surface area contributed by atoms with Crippen molar-refractivity contribution in [2.75, 3.05) is 6.61 Å². The lowest BCUT2D eigenvalue weighted by atomic mass is 9.99. The van der Waals surface area contributed by atoms with Gasteiger partial charge in [-0.15, -0.1) is 5.73 Å². The summed E-state index contributed by atoms with van der Waals surface area (Å²) in [5.41, 5.74) is 4.55. The van der Waals surface area contributed by atoms with Crippen molar-refractivity contribution in [3.63, 3.8) is 0 Å². The maximum absolute atomic E-state index is 12.5. The minimum atomic E-state index is -0.964. The van der Waals surface area contributed by atoms with Crippen LogP contribution < -0.4 is 0 Å². The molecule has 1 aliphatic heterocycles. The van der Waals surface area contributed by atoms with Crippen molar-refractivity contribution in [1.29, 1.82) is 0 Å². The van der Waals surface area contributed by atoms with Crippen molar-refractivity contribution in [1.82, 2.24) is 0 Å². The molecule has 1 fully saturated rings. The molecule has 1 unspecified atom stereocenters. The van der Waals surface area contributed by atoms with Gasteiger partial charge in [-0.05, 0) is 49.5 Å². The second-order valence-electron chi connectivity index (χ2n) is 7.35. The molecule has 0 amide bonds. The van der Waals surface area contributed by atoms with Crippen LogP contribution in [0.2, 0.25) is 0 Å². The van der Waals surface area contributed by atoms with Gasteiger partial charge in [0.15, 0.2) is 0 Å². The van der Waals surface area contributed by atoms with Crippen molar-refractivity contribution in [3.8, 4) is 0 Å². The van der Waals surface area contributed by atoms with E-state index in [0.29, 0.717) is 25.7 Å². The number of rotatable bonds is 10. The van der Waals surface area contributed by atoms with Gasteiger partial charge in [0.05, 0.1) is 29.3 Å². The van der Waals surface area contributed by atoms with Crippen LogP contribution in [-0.4, -0.2) is 52.1 Å². The number of non-ortho nitro benzene ring substituents is 1. The molecule has 0 bridgehead atoms. The molecule has 0 aliphatic carbocycles. The highest BCUT2D eigenvalue weighted by atomic mass is 16.6.